The van der Waals surface area contributed by atoms with Crippen molar-refractivity contribution in [2.75, 3.05) is 20.6 Å². The first-order valence-corrected chi connectivity index (χ1v) is 5.63. The minimum absolute atomic E-state index is 0.0297. The first-order chi connectivity index (χ1) is 7.78. The average Bonchev–Trinajstić information content (AvgIpc) is 2.14. The lowest BCUT2D eigenvalue weighted by Crippen LogP contribution is -2.21. The Hall–Kier alpha value is -1.01. The minimum Gasteiger partial charge on any atom is -0.302 e. The molecule has 0 radical (unpaired) electrons. The van der Waals surface area contributed by atoms with Gasteiger partial charge in [0.05, 0.1) is 6.54 Å². The van der Waals surface area contributed by atoms with E-state index >= 15 is 0 Å². The molecule has 0 aliphatic carbocycles. The minimum atomic E-state index is -4.33. The Labute approximate surface area is 102 Å². The number of ketones is 1. The Bertz CT molecular complexity index is 404. The van der Waals surface area contributed by atoms with E-state index in [0.29, 0.717) is 5.56 Å². The zero-order valence-electron chi connectivity index (χ0n) is 9.41. The fourth-order valence-corrected chi connectivity index (χ4v) is 1.84. The summed E-state index contributed by atoms with van der Waals surface area (Å²) in [6.45, 7) is 0.181. The van der Waals surface area contributed by atoms with Gasteiger partial charge >= 0.3 is 5.51 Å². The van der Waals surface area contributed by atoms with Crippen LogP contribution in [0.1, 0.15) is 10.4 Å². The van der Waals surface area contributed by atoms with Crippen LogP contribution in [0, 0.1) is 0 Å². The molecule has 0 spiro atoms. The first-order valence-electron chi connectivity index (χ1n) is 4.81. The zero-order chi connectivity index (χ0) is 13.1. The molecule has 0 aromatic heterocycles. The number of halogens is 3. The summed E-state index contributed by atoms with van der Waals surface area (Å²) in [6, 6.07) is 5.58. The van der Waals surface area contributed by atoms with E-state index in [1.165, 1.54) is 24.3 Å². The third-order valence-electron chi connectivity index (χ3n) is 1.85. The van der Waals surface area contributed by atoms with E-state index in [2.05, 4.69) is 0 Å². The standard InChI is InChI=1S/C11H12F3NOS/c1-15(2)7-10(16)8-4-3-5-9(6-8)17-11(12,13)14/h3-6H,7H2,1-2H3. The van der Waals surface area contributed by atoms with E-state index in [4.69, 9.17) is 0 Å². The molecule has 0 aliphatic rings. The van der Waals surface area contributed by atoms with Crippen LogP contribution in [-0.2, 0) is 0 Å². The zero-order valence-corrected chi connectivity index (χ0v) is 10.2. The van der Waals surface area contributed by atoms with Crippen molar-refractivity contribution in [2.24, 2.45) is 0 Å². The van der Waals surface area contributed by atoms with Crippen molar-refractivity contribution in [2.45, 2.75) is 10.4 Å². The molecule has 94 valence electrons. The summed E-state index contributed by atoms with van der Waals surface area (Å²) in [6.07, 6.45) is 0. The van der Waals surface area contributed by atoms with Crippen molar-refractivity contribution in [3.05, 3.63) is 29.8 Å². The highest BCUT2D eigenvalue weighted by Gasteiger charge is 2.29. The predicted octanol–water partition coefficient (Wildman–Crippen LogP) is 3.04. The number of Topliss-reactive ketones (excluding diaryl/α,β-unsaturated/α-hetero) is 1. The van der Waals surface area contributed by atoms with E-state index < -0.39 is 5.51 Å². The van der Waals surface area contributed by atoms with Crippen LogP contribution in [-0.4, -0.2) is 36.8 Å². The van der Waals surface area contributed by atoms with E-state index in [1.54, 1.807) is 19.0 Å². The monoisotopic (exact) mass is 263 g/mol. The van der Waals surface area contributed by atoms with Crippen LogP contribution in [0.25, 0.3) is 0 Å². The molecule has 0 bridgehead atoms. The third-order valence-corrected chi connectivity index (χ3v) is 2.57. The number of hydrogen-bond donors (Lipinski definition) is 0. The second kappa shape index (κ2) is 5.55. The maximum atomic E-state index is 12.2. The highest BCUT2D eigenvalue weighted by atomic mass is 32.2. The molecule has 6 heteroatoms. The van der Waals surface area contributed by atoms with E-state index in [9.17, 15) is 18.0 Å². The Balaban J connectivity index is 2.82. The molecule has 1 aromatic carbocycles. The Kier molecular flexibility index (Phi) is 4.59. The third kappa shape index (κ3) is 5.23. The smallest absolute Gasteiger partial charge is 0.302 e. The fraction of sp³-hybridized carbons (Fsp3) is 0.364. The molecule has 0 amide bonds. The molecular formula is C11H12F3NOS. The molecule has 0 N–H and O–H groups in total. The summed E-state index contributed by atoms with van der Waals surface area (Å²) in [5.41, 5.74) is -4.03. The summed E-state index contributed by atoms with van der Waals surface area (Å²) in [4.78, 5) is 13.3. The number of likely N-dealkylation sites (N-methyl/N-ethyl adjacent to an activating group) is 1. The molecule has 17 heavy (non-hydrogen) atoms. The summed E-state index contributed by atoms with van der Waals surface area (Å²) in [7, 11) is 3.46. The number of benzene rings is 1. The van der Waals surface area contributed by atoms with Gasteiger partial charge in [0.2, 0.25) is 0 Å². The second-order valence-electron chi connectivity index (χ2n) is 3.74. The molecule has 0 fully saturated rings. The van der Waals surface area contributed by atoms with Crippen molar-refractivity contribution < 1.29 is 18.0 Å². The van der Waals surface area contributed by atoms with Crippen molar-refractivity contribution in [1.29, 1.82) is 0 Å². The van der Waals surface area contributed by atoms with Crippen LogP contribution >= 0.6 is 11.8 Å². The summed E-state index contributed by atoms with van der Waals surface area (Å²) >= 11 is -0.215. The van der Waals surface area contributed by atoms with Crippen LogP contribution in [0.2, 0.25) is 0 Å². The maximum Gasteiger partial charge on any atom is 0.446 e. The van der Waals surface area contributed by atoms with Gasteiger partial charge in [0.15, 0.2) is 5.78 Å². The van der Waals surface area contributed by atoms with Gasteiger partial charge in [0.1, 0.15) is 0 Å². The lowest BCUT2D eigenvalue weighted by molar-refractivity contribution is -0.0328. The first kappa shape index (κ1) is 14.1. The normalized spacial score (nSPS) is 11.9. The number of carbonyl (C=O) groups is 1. The molecule has 1 aromatic rings. The number of nitrogens with zero attached hydrogens (tertiary/aromatic N) is 1. The number of carbonyl (C=O) groups excluding carboxylic acids is 1. The number of alkyl halides is 3. The quantitative estimate of drug-likeness (QED) is 0.615. The second-order valence-corrected chi connectivity index (χ2v) is 4.88. The van der Waals surface area contributed by atoms with E-state index in [-0.39, 0.29) is 29.0 Å². The molecule has 0 unspecified atom stereocenters. The largest absolute Gasteiger partial charge is 0.446 e. The van der Waals surface area contributed by atoms with Crippen LogP contribution in [0.4, 0.5) is 13.2 Å². The highest BCUT2D eigenvalue weighted by Crippen LogP contribution is 2.36. The van der Waals surface area contributed by atoms with Crippen LogP contribution in [0.15, 0.2) is 29.2 Å². The molecule has 2 nitrogen and oxygen atoms in total. The van der Waals surface area contributed by atoms with Crippen molar-refractivity contribution in [3.8, 4) is 0 Å². The summed E-state index contributed by atoms with van der Waals surface area (Å²) in [5.74, 6) is -0.195. The molecule has 0 saturated carbocycles. The van der Waals surface area contributed by atoms with Gasteiger partial charge in [0.25, 0.3) is 0 Å². The predicted molar refractivity (Wildman–Crippen MR) is 61.2 cm³/mol. The highest BCUT2D eigenvalue weighted by molar-refractivity contribution is 8.00. The molecular weight excluding hydrogens is 251 g/mol. The number of hydrogen-bond acceptors (Lipinski definition) is 3. The van der Waals surface area contributed by atoms with Crippen LogP contribution in [0.5, 0.6) is 0 Å². The van der Waals surface area contributed by atoms with Gasteiger partial charge in [-0.1, -0.05) is 12.1 Å². The van der Waals surface area contributed by atoms with Gasteiger partial charge in [-0.15, -0.1) is 0 Å². The Morgan fingerprint density at radius 2 is 2.00 bits per heavy atom. The Morgan fingerprint density at radius 3 is 2.53 bits per heavy atom. The number of thioether (sulfide) groups is 1. The lowest BCUT2D eigenvalue weighted by atomic mass is 10.1. The van der Waals surface area contributed by atoms with Crippen LogP contribution < -0.4 is 0 Å². The topological polar surface area (TPSA) is 20.3 Å². The van der Waals surface area contributed by atoms with Gasteiger partial charge in [-0.2, -0.15) is 13.2 Å². The van der Waals surface area contributed by atoms with Crippen molar-refractivity contribution >= 4 is 17.5 Å². The van der Waals surface area contributed by atoms with Gasteiger partial charge in [-0.05, 0) is 38.0 Å². The fourth-order valence-electron chi connectivity index (χ4n) is 1.25. The average molecular weight is 263 g/mol. The lowest BCUT2D eigenvalue weighted by Gasteiger charge is -2.10. The van der Waals surface area contributed by atoms with Gasteiger partial charge in [0, 0.05) is 10.5 Å². The van der Waals surface area contributed by atoms with Crippen molar-refractivity contribution in [3.63, 3.8) is 0 Å². The molecule has 0 atom stereocenters. The molecule has 0 saturated heterocycles. The molecule has 0 aliphatic heterocycles. The van der Waals surface area contributed by atoms with Gasteiger partial charge in [-0.25, -0.2) is 0 Å². The van der Waals surface area contributed by atoms with Crippen LogP contribution in [0.3, 0.4) is 0 Å². The van der Waals surface area contributed by atoms with Gasteiger partial charge in [-0.3, -0.25) is 4.79 Å². The summed E-state index contributed by atoms with van der Waals surface area (Å²) < 4.78 is 36.5. The Morgan fingerprint density at radius 1 is 1.35 bits per heavy atom. The van der Waals surface area contributed by atoms with Gasteiger partial charge < -0.3 is 4.90 Å². The number of rotatable bonds is 4. The molecule has 1 rings (SSSR count). The van der Waals surface area contributed by atoms with Crippen molar-refractivity contribution in [1.82, 2.24) is 4.90 Å². The molecule has 0 heterocycles. The summed E-state index contributed by atoms with van der Waals surface area (Å²) in [5, 5.41) is 0. The SMILES string of the molecule is CN(C)CC(=O)c1cccc(SC(F)(F)F)c1. The van der Waals surface area contributed by atoms with E-state index in [0.717, 1.165) is 0 Å². The maximum absolute atomic E-state index is 12.2. The van der Waals surface area contributed by atoms with E-state index in [1.807, 2.05) is 0 Å².